The van der Waals surface area contributed by atoms with E-state index < -0.39 is 11.7 Å². The number of piperazine rings is 1. The Morgan fingerprint density at radius 3 is 2.39 bits per heavy atom. The molecule has 2 aromatic rings. The van der Waals surface area contributed by atoms with Gasteiger partial charge in [-0.1, -0.05) is 6.92 Å². The number of H-pyrrole nitrogens is 1. The van der Waals surface area contributed by atoms with Crippen molar-refractivity contribution >= 4 is 17.7 Å². The Hall–Kier alpha value is -3.18. The maximum atomic E-state index is 12.7. The Bertz CT molecular complexity index is 987. The first-order valence-electron chi connectivity index (χ1n) is 10.9. The number of aromatic nitrogens is 4. The third-order valence-electron chi connectivity index (χ3n) is 5.49. The summed E-state index contributed by atoms with van der Waals surface area (Å²) in [4.78, 5) is 37.4. The summed E-state index contributed by atoms with van der Waals surface area (Å²) in [6, 6.07) is 1.75. The van der Waals surface area contributed by atoms with Crippen LogP contribution >= 0.6 is 0 Å². The molecule has 0 bridgehead atoms. The number of nitrogens with zero attached hydrogens (tertiary/aromatic N) is 6. The number of amides is 1. The van der Waals surface area contributed by atoms with Gasteiger partial charge in [-0.3, -0.25) is 9.59 Å². The average molecular weight is 467 g/mol. The van der Waals surface area contributed by atoms with Crippen molar-refractivity contribution in [3.8, 4) is 0 Å². The van der Waals surface area contributed by atoms with Crippen molar-refractivity contribution in [1.29, 1.82) is 0 Å². The molecule has 0 aliphatic carbocycles. The summed E-state index contributed by atoms with van der Waals surface area (Å²) in [5.74, 6) is 0.950. The molecule has 1 N–H and O–H groups in total. The molecular weight excluding hydrogens is 439 g/mol. The molecular formula is C21H28F3N7O2. The number of hydrogen-bond acceptors (Lipinski definition) is 7. The monoisotopic (exact) mass is 467 g/mol. The van der Waals surface area contributed by atoms with E-state index in [1.165, 1.54) is 0 Å². The Labute approximate surface area is 189 Å². The summed E-state index contributed by atoms with van der Waals surface area (Å²) in [5, 5.41) is 6.61. The van der Waals surface area contributed by atoms with Crippen LogP contribution in [0.4, 0.5) is 24.9 Å². The largest absolute Gasteiger partial charge is 0.419 e. The molecule has 1 saturated heterocycles. The van der Waals surface area contributed by atoms with E-state index in [1.54, 1.807) is 22.8 Å². The number of halogens is 3. The highest BCUT2D eigenvalue weighted by Gasteiger charge is 2.32. The number of hydrogen-bond donors (Lipinski definition) is 1. The van der Waals surface area contributed by atoms with Crippen LogP contribution in [0.2, 0.25) is 0 Å². The van der Waals surface area contributed by atoms with E-state index in [-0.39, 0.29) is 17.4 Å². The van der Waals surface area contributed by atoms with Crippen molar-refractivity contribution in [3.05, 3.63) is 39.9 Å². The summed E-state index contributed by atoms with van der Waals surface area (Å²) in [6.45, 7) is 7.02. The van der Waals surface area contributed by atoms with Crippen molar-refractivity contribution in [3.63, 3.8) is 0 Å². The minimum absolute atomic E-state index is 0.0324. The lowest BCUT2D eigenvalue weighted by molar-refractivity contribution is -0.138. The molecule has 2 aromatic heterocycles. The fourth-order valence-corrected chi connectivity index (χ4v) is 3.63. The van der Waals surface area contributed by atoms with Crippen LogP contribution in [0.1, 0.15) is 37.3 Å². The van der Waals surface area contributed by atoms with Crippen LogP contribution < -0.4 is 15.4 Å². The zero-order valence-electron chi connectivity index (χ0n) is 18.7. The zero-order chi connectivity index (χ0) is 24.0. The summed E-state index contributed by atoms with van der Waals surface area (Å²) in [5.41, 5.74) is -0.511. The number of aryl methyl sites for hydroxylation is 1. The minimum Gasteiger partial charge on any atom is -0.355 e. The molecule has 1 amide bonds. The van der Waals surface area contributed by atoms with Crippen LogP contribution in [0.5, 0.6) is 0 Å². The number of nitrogens with one attached hydrogen (secondary N) is 1. The molecule has 0 unspecified atom stereocenters. The molecule has 0 radical (unpaired) electrons. The van der Waals surface area contributed by atoms with Gasteiger partial charge in [0.1, 0.15) is 5.82 Å². The van der Waals surface area contributed by atoms with Crippen LogP contribution in [0.3, 0.4) is 0 Å². The Balaban J connectivity index is 1.47. The SMILES string of the molecule is CCCN(CCCC(=O)N1CCN(c2ncc(C(F)(F)F)cn2)CC1)c1cc(C)c(=O)[nH]n1. The summed E-state index contributed by atoms with van der Waals surface area (Å²) in [7, 11) is 0. The second kappa shape index (κ2) is 10.6. The van der Waals surface area contributed by atoms with Gasteiger partial charge in [-0.05, 0) is 25.8 Å². The third kappa shape index (κ3) is 6.42. The molecule has 0 saturated carbocycles. The lowest BCUT2D eigenvalue weighted by atomic mass is 10.2. The van der Waals surface area contributed by atoms with E-state index in [1.807, 2.05) is 0 Å². The second-order valence-corrected chi connectivity index (χ2v) is 7.97. The van der Waals surface area contributed by atoms with Gasteiger partial charge in [0.25, 0.3) is 5.56 Å². The minimum atomic E-state index is -4.47. The Morgan fingerprint density at radius 1 is 1.15 bits per heavy atom. The zero-order valence-corrected chi connectivity index (χ0v) is 18.7. The lowest BCUT2D eigenvalue weighted by Crippen LogP contribution is -2.49. The van der Waals surface area contributed by atoms with Crippen molar-refractivity contribution in [2.24, 2.45) is 0 Å². The third-order valence-corrected chi connectivity index (χ3v) is 5.49. The standard InChI is InChI=1S/C21H28F3N7O2/c1-3-6-29(17-12-15(2)19(33)28-27-17)7-4-5-18(32)30-8-10-31(11-9-30)20-25-13-16(14-26-20)21(22,23)24/h12-14H,3-11H2,1-2H3,(H,28,33). The van der Waals surface area contributed by atoms with Crippen LogP contribution in [-0.4, -0.2) is 70.2 Å². The van der Waals surface area contributed by atoms with E-state index >= 15 is 0 Å². The molecule has 0 atom stereocenters. The average Bonchev–Trinajstić information content (AvgIpc) is 2.80. The van der Waals surface area contributed by atoms with E-state index in [0.29, 0.717) is 56.9 Å². The summed E-state index contributed by atoms with van der Waals surface area (Å²) >= 11 is 0. The Morgan fingerprint density at radius 2 is 1.82 bits per heavy atom. The van der Waals surface area contributed by atoms with Gasteiger partial charge in [-0.15, -0.1) is 0 Å². The topological polar surface area (TPSA) is 98.3 Å². The highest BCUT2D eigenvalue weighted by atomic mass is 19.4. The number of rotatable bonds is 8. The number of carbonyl (C=O) groups excluding carboxylic acids is 1. The van der Waals surface area contributed by atoms with Gasteiger partial charge >= 0.3 is 6.18 Å². The molecule has 3 rings (SSSR count). The highest BCUT2D eigenvalue weighted by Crippen LogP contribution is 2.28. The fourth-order valence-electron chi connectivity index (χ4n) is 3.63. The van der Waals surface area contributed by atoms with Crippen molar-refractivity contribution in [2.45, 2.75) is 39.3 Å². The molecule has 180 valence electrons. The first-order valence-corrected chi connectivity index (χ1v) is 10.9. The van der Waals surface area contributed by atoms with Gasteiger partial charge < -0.3 is 14.7 Å². The smallest absolute Gasteiger partial charge is 0.355 e. The number of carbonyl (C=O) groups is 1. The molecule has 0 aromatic carbocycles. The molecule has 1 aliphatic rings. The van der Waals surface area contributed by atoms with E-state index in [2.05, 4.69) is 32.0 Å². The highest BCUT2D eigenvalue weighted by molar-refractivity contribution is 5.76. The van der Waals surface area contributed by atoms with Gasteiger partial charge in [0, 0.05) is 63.6 Å². The summed E-state index contributed by atoms with van der Waals surface area (Å²) < 4.78 is 38.0. The van der Waals surface area contributed by atoms with Gasteiger partial charge in [-0.2, -0.15) is 18.3 Å². The van der Waals surface area contributed by atoms with Crippen LogP contribution in [0.25, 0.3) is 0 Å². The molecule has 9 nitrogen and oxygen atoms in total. The predicted molar refractivity (Wildman–Crippen MR) is 117 cm³/mol. The number of anilines is 2. The van der Waals surface area contributed by atoms with E-state index in [4.69, 9.17) is 0 Å². The van der Waals surface area contributed by atoms with Gasteiger partial charge in [-0.25, -0.2) is 15.1 Å². The van der Waals surface area contributed by atoms with Crippen LogP contribution in [0, 0.1) is 6.92 Å². The number of alkyl halides is 3. The lowest BCUT2D eigenvalue weighted by Gasteiger charge is -2.35. The van der Waals surface area contributed by atoms with E-state index in [9.17, 15) is 22.8 Å². The second-order valence-electron chi connectivity index (χ2n) is 7.97. The molecule has 3 heterocycles. The maximum absolute atomic E-state index is 12.7. The van der Waals surface area contributed by atoms with Crippen molar-refractivity contribution < 1.29 is 18.0 Å². The van der Waals surface area contributed by atoms with Crippen molar-refractivity contribution in [1.82, 2.24) is 25.1 Å². The molecule has 1 aliphatic heterocycles. The molecule has 1 fully saturated rings. The fraction of sp³-hybridized carbons (Fsp3) is 0.571. The normalized spacial score (nSPS) is 14.5. The molecule has 0 spiro atoms. The Kier molecular flexibility index (Phi) is 7.88. The van der Waals surface area contributed by atoms with Crippen LogP contribution in [-0.2, 0) is 11.0 Å². The van der Waals surface area contributed by atoms with Crippen LogP contribution in [0.15, 0.2) is 23.3 Å². The quantitative estimate of drug-likeness (QED) is 0.636. The number of aromatic amines is 1. The maximum Gasteiger partial charge on any atom is 0.419 e. The van der Waals surface area contributed by atoms with Gasteiger partial charge in [0.15, 0.2) is 0 Å². The first-order chi connectivity index (χ1) is 15.7. The molecule has 33 heavy (non-hydrogen) atoms. The first kappa shape index (κ1) is 24.5. The van der Waals surface area contributed by atoms with Crippen molar-refractivity contribution in [2.75, 3.05) is 49.1 Å². The summed E-state index contributed by atoms with van der Waals surface area (Å²) in [6.07, 6.45) is -0.994. The van der Waals surface area contributed by atoms with Gasteiger partial charge in [0.05, 0.1) is 5.56 Å². The van der Waals surface area contributed by atoms with Gasteiger partial charge in [0.2, 0.25) is 11.9 Å². The van der Waals surface area contributed by atoms with E-state index in [0.717, 1.165) is 25.4 Å². The molecule has 12 heteroatoms. The predicted octanol–water partition coefficient (Wildman–Crippen LogP) is 2.23.